The van der Waals surface area contributed by atoms with Gasteiger partial charge in [0.15, 0.2) is 0 Å². The van der Waals surface area contributed by atoms with Gasteiger partial charge in [-0.2, -0.15) is 24.3 Å². The van der Waals surface area contributed by atoms with Crippen LogP contribution in [0.5, 0.6) is 11.5 Å². The fourth-order valence-electron chi connectivity index (χ4n) is 5.10. The second-order valence-corrected chi connectivity index (χ2v) is 11.1. The van der Waals surface area contributed by atoms with Crippen molar-refractivity contribution in [2.75, 3.05) is 0 Å². The number of hydrogen-bond acceptors (Lipinski definition) is 2. The van der Waals surface area contributed by atoms with Crippen LogP contribution in [0.25, 0.3) is 38.7 Å². The summed E-state index contributed by atoms with van der Waals surface area (Å²) < 4.78 is 12.2. The van der Waals surface area contributed by atoms with Crippen LogP contribution in [0.3, 0.4) is 0 Å². The van der Waals surface area contributed by atoms with Crippen LogP contribution in [0.4, 0.5) is 0 Å². The summed E-state index contributed by atoms with van der Waals surface area (Å²) in [4.78, 5) is 4.71. The van der Waals surface area contributed by atoms with Crippen LogP contribution in [-0.2, 0) is 40.6 Å². The molecule has 0 atom stereocenters. The summed E-state index contributed by atoms with van der Waals surface area (Å²) >= 11 is 0. The predicted molar refractivity (Wildman–Crippen MR) is 164 cm³/mol. The Labute approximate surface area is 261 Å². The number of imidazole rings is 1. The van der Waals surface area contributed by atoms with Crippen molar-refractivity contribution in [1.29, 1.82) is 0 Å². The fraction of sp³-hybridized carbons (Fsp3) is 0.167. The average Bonchev–Trinajstić information content (AvgIpc) is 3.46. The Hall–Kier alpha value is -4.21. The van der Waals surface area contributed by atoms with E-state index in [0.29, 0.717) is 11.5 Å². The van der Waals surface area contributed by atoms with Crippen LogP contribution in [-0.4, -0.2) is 14.1 Å². The molecule has 0 amide bonds. The van der Waals surface area contributed by atoms with Crippen LogP contribution < -0.4 is 9.30 Å². The van der Waals surface area contributed by atoms with E-state index in [1.165, 1.54) is 22.0 Å². The van der Waals surface area contributed by atoms with E-state index in [1.54, 1.807) is 0 Å². The van der Waals surface area contributed by atoms with Crippen molar-refractivity contribution in [1.82, 2.24) is 14.1 Å². The Bertz CT molecular complexity index is 1950. The van der Waals surface area contributed by atoms with E-state index in [1.807, 2.05) is 71.9 Å². The fourth-order valence-corrected chi connectivity index (χ4v) is 5.10. The standard InChI is InChI=1S/C27H22N2O.C9H10N2.Pt/c1-27(2,3)19-15-16-28-26(17-19)29-24-12-8-7-11-22(24)23-14-13-21(18-25(23)29)30-20-9-5-4-6-10-20;1-10-7-11(2)9-6-4-3-5-8(9)10;/h4-9,11-17H,1-3H3;3-6H,1-2H3;/q-2;;. The van der Waals surface area contributed by atoms with Crippen molar-refractivity contribution in [2.24, 2.45) is 14.1 Å². The summed E-state index contributed by atoms with van der Waals surface area (Å²) in [7, 11) is 4.00. The summed E-state index contributed by atoms with van der Waals surface area (Å²) in [6.45, 7) is 6.64. The molecular formula is C36H32N4OPt-2. The van der Waals surface area contributed by atoms with E-state index in [4.69, 9.17) is 9.72 Å². The first-order valence-corrected chi connectivity index (χ1v) is 13.7. The molecule has 3 heterocycles. The molecule has 3 aromatic heterocycles. The molecule has 0 N–H and O–H groups in total. The molecule has 0 fully saturated rings. The molecule has 0 aliphatic heterocycles. The number of fused-ring (bicyclic) bond motifs is 4. The maximum absolute atomic E-state index is 6.01. The molecule has 0 saturated carbocycles. The van der Waals surface area contributed by atoms with Gasteiger partial charge in [0, 0.05) is 55.3 Å². The first-order chi connectivity index (χ1) is 19.8. The minimum absolute atomic E-state index is 0. The molecule has 4 aromatic carbocycles. The molecule has 0 aliphatic carbocycles. The van der Waals surface area contributed by atoms with E-state index in [0.717, 1.165) is 22.2 Å². The Kier molecular flexibility index (Phi) is 8.33. The zero-order valence-corrected chi connectivity index (χ0v) is 26.6. The van der Waals surface area contributed by atoms with Gasteiger partial charge < -0.3 is 18.4 Å². The second-order valence-electron chi connectivity index (χ2n) is 11.1. The maximum Gasteiger partial charge on any atom is 0.204 e. The van der Waals surface area contributed by atoms with Gasteiger partial charge in [-0.1, -0.05) is 68.8 Å². The van der Waals surface area contributed by atoms with Crippen LogP contribution in [0.15, 0.2) is 103 Å². The minimum atomic E-state index is 0. The molecule has 0 bridgehead atoms. The first kappa shape index (κ1) is 29.3. The Balaban J connectivity index is 0.000000247. The predicted octanol–water partition coefficient (Wildman–Crippen LogP) is 7.67. The molecule has 5 nitrogen and oxygen atoms in total. The monoisotopic (exact) mass is 731 g/mol. The summed E-state index contributed by atoms with van der Waals surface area (Å²) in [5.74, 6) is 2.21. The van der Waals surface area contributed by atoms with Gasteiger partial charge in [-0.25, -0.2) is 4.98 Å². The van der Waals surface area contributed by atoms with Gasteiger partial charge in [0.25, 0.3) is 0 Å². The third kappa shape index (κ3) is 5.75. The van der Waals surface area contributed by atoms with E-state index < -0.39 is 0 Å². The molecule has 0 spiro atoms. The van der Waals surface area contributed by atoms with Crippen LogP contribution in [0, 0.1) is 18.5 Å². The molecule has 7 rings (SSSR count). The van der Waals surface area contributed by atoms with Crippen molar-refractivity contribution in [3.05, 3.63) is 127 Å². The second kappa shape index (κ2) is 12.0. The van der Waals surface area contributed by atoms with Crippen LogP contribution >= 0.6 is 0 Å². The van der Waals surface area contributed by atoms with Crippen molar-refractivity contribution in [3.63, 3.8) is 0 Å². The molecule has 214 valence electrons. The zero-order valence-electron chi connectivity index (χ0n) is 24.3. The van der Waals surface area contributed by atoms with E-state index in [-0.39, 0.29) is 26.5 Å². The van der Waals surface area contributed by atoms with Gasteiger partial charge >= 0.3 is 0 Å². The molecule has 6 heteroatoms. The van der Waals surface area contributed by atoms with Gasteiger partial charge in [0.05, 0.1) is 14.1 Å². The Morgan fingerprint density at radius 2 is 1.55 bits per heavy atom. The van der Waals surface area contributed by atoms with Gasteiger partial charge in [0.1, 0.15) is 5.82 Å². The summed E-state index contributed by atoms with van der Waals surface area (Å²) in [5.41, 5.74) is 5.76. The number of para-hydroxylation sites is 4. The minimum Gasteiger partial charge on any atom is -0.509 e. The Morgan fingerprint density at radius 1 is 0.810 bits per heavy atom. The number of benzene rings is 4. The van der Waals surface area contributed by atoms with Crippen molar-refractivity contribution in [2.45, 2.75) is 26.2 Å². The molecule has 0 saturated heterocycles. The quantitative estimate of drug-likeness (QED) is 0.138. The van der Waals surface area contributed by atoms with Crippen molar-refractivity contribution in [3.8, 4) is 17.3 Å². The Morgan fingerprint density at radius 3 is 2.29 bits per heavy atom. The van der Waals surface area contributed by atoms with Gasteiger partial charge in [-0.3, -0.25) is 0 Å². The topological polar surface area (TPSA) is 35.9 Å². The normalized spacial score (nSPS) is 11.3. The van der Waals surface area contributed by atoms with Crippen LogP contribution in [0.2, 0.25) is 0 Å². The maximum atomic E-state index is 6.01. The number of aryl methyl sites for hydroxylation is 2. The molecule has 42 heavy (non-hydrogen) atoms. The molecule has 0 unspecified atom stereocenters. The van der Waals surface area contributed by atoms with E-state index >= 15 is 0 Å². The van der Waals surface area contributed by atoms with Gasteiger partial charge in [-0.15, -0.1) is 29.7 Å². The van der Waals surface area contributed by atoms with E-state index in [2.05, 4.69) is 98.4 Å². The SMILES string of the molecule is CC(C)(C)c1ccnc(-n2c3[c-]c(Oc4[c-]cccc4)ccc3c3ccccc32)c1.Cn1[c-][n+](C)c2ccccc21.[Pt]. The number of rotatable bonds is 3. The van der Waals surface area contributed by atoms with E-state index in [9.17, 15) is 0 Å². The van der Waals surface area contributed by atoms with Crippen molar-refractivity contribution >= 4 is 32.8 Å². The number of aromatic nitrogens is 4. The summed E-state index contributed by atoms with van der Waals surface area (Å²) in [5, 5.41) is 2.29. The summed E-state index contributed by atoms with van der Waals surface area (Å²) in [6.07, 6.45) is 5.03. The molecule has 0 radical (unpaired) electrons. The van der Waals surface area contributed by atoms with Gasteiger partial charge in [-0.05, 0) is 34.6 Å². The number of ether oxygens (including phenoxy) is 1. The van der Waals surface area contributed by atoms with Crippen LogP contribution in [0.1, 0.15) is 26.3 Å². The van der Waals surface area contributed by atoms with Crippen molar-refractivity contribution < 1.29 is 30.4 Å². The third-order valence-electron chi connectivity index (χ3n) is 7.20. The number of pyridine rings is 1. The smallest absolute Gasteiger partial charge is 0.204 e. The molecular weight excluding hydrogens is 700 g/mol. The molecule has 0 aliphatic rings. The largest absolute Gasteiger partial charge is 0.509 e. The van der Waals surface area contributed by atoms with Gasteiger partial charge in [0.2, 0.25) is 6.33 Å². The molecule has 7 aromatic rings. The first-order valence-electron chi connectivity index (χ1n) is 13.7. The summed E-state index contributed by atoms with van der Waals surface area (Å²) in [6, 6.07) is 39.1. The number of nitrogens with zero attached hydrogens (tertiary/aromatic N) is 4. The average molecular weight is 732 g/mol. The zero-order chi connectivity index (χ0) is 28.6. The third-order valence-corrected chi connectivity index (χ3v) is 7.20. The number of hydrogen-bond donors (Lipinski definition) is 0.